The summed E-state index contributed by atoms with van der Waals surface area (Å²) in [4.78, 5) is 0. The van der Waals surface area contributed by atoms with Crippen LogP contribution in [0.5, 0.6) is 0 Å². The summed E-state index contributed by atoms with van der Waals surface area (Å²) >= 11 is 0. The second-order valence-corrected chi connectivity index (χ2v) is 4.48. The topological polar surface area (TPSA) is 30.5 Å². The fourth-order valence-corrected chi connectivity index (χ4v) is 1.68. The van der Waals surface area contributed by atoms with E-state index in [1.807, 2.05) is 6.07 Å². The van der Waals surface area contributed by atoms with Crippen LogP contribution < -0.4 is 5.32 Å². The third-order valence-corrected chi connectivity index (χ3v) is 2.80. The number of ether oxygens (including phenoxy) is 2. The first-order valence-corrected chi connectivity index (χ1v) is 6.68. The van der Waals surface area contributed by atoms with Crippen molar-refractivity contribution in [2.24, 2.45) is 0 Å². The zero-order chi connectivity index (χ0) is 13.1. The van der Waals surface area contributed by atoms with Gasteiger partial charge in [0.1, 0.15) is 0 Å². The Bertz CT molecular complexity index is 290. The molecule has 1 aromatic carbocycles. The Morgan fingerprint density at radius 3 is 2.67 bits per heavy atom. The molecular formula is C15H25NO2. The predicted octanol–water partition coefficient (Wildman–Crippen LogP) is 2.61. The van der Waals surface area contributed by atoms with E-state index in [0.29, 0.717) is 6.10 Å². The van der Waals surface area contributed by atoms with Gasteiger partial charge in [-0.2, -0.15) is 0 Å². The Kier molecular flexibility index (Phi) is 8.47. The maximum absolute atomic E-state index is 5.68. The van der Waals surface area contributed by atoms with Crippen molar-refractivity contribution >= 4 is 0 Å². The molecule has 1 aromatic rings. The first-order chi connectivity index (χ1) is 8.83. The Labute approximate surface area is 110 Å². The van der Waals surface area contributed by atoms with E-state index >= 15 is 0 Å². The molecule has 0 aliphatic rings. The van der Waals surface area contributed by atoms with Crippen LogP contribution in [0.3, 0.4) is 0 Å². The SMILES string of the molecule is COCCC(C)OCCCNCc1ccccc1. The quantitative estimate of drug-likeness (QED) is 0.648. The van der Waals surface area contributed by atoms with Gasteiger partial charge >= 0.3 is 0 Å². The summed E-state index contributed by atoms with van der Waals surface area (Å²) < 4.78 is 10.7. The highest BCUT2D eigenvalue weighted by atomic mass is 16.5. The van der Waals surface area contributed by atoms with Gasteiger partial charge in [-0.15, -0.1) is 0 Å². The van der Waals surface area contributed by atoms with E-state index < -0.39 is 0 Å². The van der Waals surface area contributed by atoms with Crippen molar-refractivity contribution in [1.82, 2.24) is 5.32 Å². The van der Waals surface area contributed by atoms with E-state index in [0.717, 1.165) is 39.1 Å². The first kappa shape index (κ1) is 15.2. The van der Waals surface area contributed by atoms with Crippen LogP contribution in [0.15, 0.2) is 30.3 Å². The van der Waals surface area contributed by atoms with Gasteiger partial charge in [-0.25, -0.2) is 0 Å². The largest absolute Gasteiger partial charge is 0.385 e. The fraction of sp³-hybridized carbons (Fsp3) is 0.600. The van der Waals surface area contributed by atoms with E-state index in [4.69, 9.17) is 9.47 Å². The van der Waals surface area contributed by atoms with Crippen molar-refractivity contribution < 1.29 is 9.47 Å². The molecule has 0 spiro atoms. The lowest BCUT2D eigenvalue weighted by molar-refractivity contribution is 0.0397. The van der Waals surface area contributed by atoms with Crippen LogP contribution in [0.25, 0.3) is 0 Å². The van der Waals surface area contributed by atoms with Crippen molar-refractivity contribution in [2.45, 2.75) is 32.4 Å². The summed E-state index contributed by atoms with van der Waals surface area (Å²) in [5, 5.41) is 3.41. The summed E-state index contributed by atoms with van der Waals surface area (Å²) in [5.74, 6) is 0. The van der Waals surface area contributed by atoms with Gasteiger partial charge < -0.3 is 14.8 Å². The zero-order valence-electron chi connectivity index (χ0n) is 11.5. The van der Waals surface area contributed by atoms with Gasteiger partial charge in [-0.1, -0.05) is 30.3 Å². The summed E-state index contributed by atoms with van der Waals surface area (Å²) in [7, 11) is 1.72. The van der Waals surface area contributed by atoms with Crippen molar-refractivity contribution in [1.29, 1.82) is 0 Å². The fourth-order valence-electron chi connectivity index (χ4n) is 1.68. The van der Waals surface area contributed by atoms with E-state index in [9.17, 15) is 0 Å². The molecule has 1 atom stereocenters. The van der Waals surface area contributed by atoms with Gasteiger partial charge in [0.15, 0.2) is 0 Å². The number of hydrogen-bond donors (Lipinski definition) is 1. The van der Waals surface area contributed by atoms with E-state index in [1.54, 1.807) is 7.11 Å². The molecule has 1 N–H and O–H groups in total. The molecule has 1 unspecified atom stereocenters. The Morgan fingerprint density at radius 2 is 1.94 bits per heavy atom. The van der Waals surface area contributed by atoms with Gasteiger partial charge in [0.05, 0.1) is 6.10 Å². The van der Waals surface area contributed by atoms with Crippen LogP contribution in [0, 0.1) is 0 Å². The van der Waals surface area contributed by atoms with Crippen molar-refractivity contribution in [3.63, 3.8) is 0 Å². The molecule has 3 nitrogen and oxygen atoms in total. The highest BCUT2D eigenvalue weighted by molar-refractivity contribution is 5.14. The molecule has 0 bridgehead atoms. The molecule has 0 aromatic heterocycles. The Balaban J connectivity index is 1.93. The highest BCUT2D eigenvalue weighted by Gasteiger charge is 2.00. The third kappa shape index (κ3) is 7.43. The minimum Gasteiger partial charge on any atom is -0.385 e. The van der Waals surface area contributed by atoms with Gasteiger partial charge in [-0.3, -0.25) is 0 Å². The molecule has 0 radical (unpaired) electrons. The lowest BCUT2D eigenvalue weighted by Crippen LogP contribution is -2.18. The average Bonchev–Trinajstić information content (AvgIpc) is 2.41. The molecule has 0 amide bonds. The van der Waals surface area contributed by atoms with Crippen LogP contribution in [0.2, 0.25) is 0 Å². The highest BCUT2D eigenvalue weighted by Crippen LogP contribution is 1.99. The van der Waals surface area contributed by atoms with Gasteiger partial charge in [0.2, 0.25) is 0 Å². The molecule has 18 heavy (non-hydrogen) atoms. The van der Waals surface area contributed by atoms with Crippen LogP contribution in [-0.2, 0) is 16.0 Å². The van der Waals surface area contributed by atoms with Crippen molar-refractivity contribution in [3.05, 3.63) is 35.9 Å². The molecule has 0 saturated heterocycles. The normalized spacial score (nSPS) is 12.6. The number of benzene rings is 1. The van der Waals surface area contributed by atoms with Crippen LogP contribution in [0.4, 0.5) is 0 Å². The summed E-state index contributed by atoms with van der Waals surface area (Å²) in [5.41, 5.74) is 1.33. The molecule has 0 aliphatic carbocycles. The molecule has 0 saturated carbocycles. The zero-order valence-corrected chi connectivity index (χ0v) is 11.5. The monoisotopic (exact) mass is 251 g/mol. The standard InChI is InChI=1S/C15H25NO2/c1-14(9-12-17-2)18-11-6-10-16-13-15-7-4-3-5-8-15/h3-5,7-8,14,16H,6,9-13H2,1-2H3. The smallest absolute Gasteiger partial charge is 0.0568 e. The van der Waals surface area contributed by atoms with E-state index in [-0.39, 0.29) is 0 Å². The molecular weight excluding hydrogens is 226 g/mol. The van der Waals surface area contributed by atoms with Crippen LogP contribution >= 0.6 is 0 Å². The minimum absolute atomic E-state index is 0.291. The average molecular weight is 251 g/mol. The Morgan fingerprint density at radius 1 is 1.17 bits per heavy atom. The lowest BCUT2D eigenvalue weighted by atomic mass is 10.2. The summed E-state index contributed by atoms with van der Waals surface area (Å²) in [6, 6.07) is 10.4. The maximum atomic E-state index is 5.68. The Hall–Kier alpha value is -0.900. The summed E-state index contributed by atoms with van der Waals surface area (Å²) in [6.45, 7) is 5.60. The molecule has 3 heteroatoms. The van der Waals surface area contributed by atoms with Gasteiger partial charge in [-0.05, 0) is 31.9 Å². The molecule has 0 heterocycles. The molecule has 0 aliphatic heterocycles. The maximum Gasteiger partial charge on any atom is 0.0568 e. The second-order valence-electron chi connectivity index (χ2n) is 4.48. The van der Waals surface area contributed by atoms with E-state index in [2.05, 4.69) is 36.5 Å². The number of methoxy groups -OCH3 is 1. The number of rotatable bonds is 10. The molecule has 0 fully saturated rings. The van der Waals surface area contributed by atoms with Crippen LogP contribution in [-0.4, -0.2) is 33.0 Å². The first-order valence-electron chi connectivity index (χ1n) is 6.68. The van der Waals surface area contributed by atoms with Gasteiger partial charge in [0.25, 0.3) is 0 Å². The van der Waals surface area contributed by atoms with Crippen molar-refractivity contribution in [3.8, 4) is 0 Å². The van der Waals surface area contributed by atoms with Crippen molar-refractivity contribution in [2.75, 3.05) is 26.9 Å². The second kappa shape index (κ2) is 10.1. The molecule has 1 rings (SSSR count). The lowest BCUT2D eigenvalue weighted by Gasteiger charge is -2.12. The molecule has 102 valence electrons. The number of hydrogen-bond acceptors (Lipinski definition) is 3. The number of nitrogens with one attached hydrogen (secondary N) is 1. The summed E-state index contributed by atoms with van der Waals surface area (Å²) in [6.07, 6.45) is 2.30. The minimum atomic E-state index is 0.291. The predicted molar refractivity (Wildman–Crippen MR) is 74.7 cm³/mol. The van der Waals surface area contributed by atoms with E-state index in [1.165, 1.54) is 5.56 Å². The third-order valence-electron chi connectivity index (χ3n) is 2.80. The van der Waals surface area contributed by atoms with Gasteiger partial charge in [0, 0.05) is 26.9 Å². The van der Waals surface area contributed by atoms with Crippen LogP contribution in [0.1, 0.15) is 25.3 Å².